The first-order valence-electron chi connectivity index (χ1n) is 5.67. The van der Waals surface area contributed by atoms with Crippen LogP contribution >= 0.6 is 0 Å². The van der Waals surface area contributed by atoms with Crippen LogP contribution in [0, 0.1) is 13.8 Å². The molecule has 0 bridgehead atoms. The predicted molar refractivity (Wildman–Crippen MR) is 65.8 cm³/mol. The molecule has 2 aromatic heterocycles. The van der Waals surface area contributed by atoms with Crippen LogP contribution in [0.15, 0.2) is 10.6 Å². The summed E-state index contributed by atoms with van der Waals surface area (Å²) in [7, 11) is 0. The number of nitrogens with one attached hydrogen (secondary N) is 1. The van der Waals surface area contributed by atoms with E-state index < -0.39 is 17.9 Å². The Labute approximate surface area is 108 Å². The molecule has 100 valence electrons. The highest BCUT2D eigenvalue weighted by Crippen LogP contribution is 2.21. The van der Waals surface area contributed by atoms with E-state index in [-0.39, 0.29) is 5.71 Å². The Morgan fingerprint density at radius 1 is 1.42 bits per heavy atom. The Bertz CT molecular complexity index is 662. The summed E-state index contributed by atoms with van der Waals surface area (Å²) in [5.41, 5.74) is 1.72. The summed E-state index contributed by atoms with van der Waals surface area (Å²) in [4.78, 5) is 27.0. The molecule has 2 aromatic rings. The molecule has 0 saturated heterocycles. The minimum Gasteiger partial charge on any atom is -0.480 e. The van der Waals surface area contributed by atoms with Gasteiger partial charge in [-0.3, -0.25) is 9.59 Å². The molecule has 0 saturated carbocycles. The van der Waals surface area contributed by atoms with Gasteiger partial charge in [-0.1, -0.05) is 5.16 Å². The number of fused-ring (bicyclic) bond motifs is 1. The smallest absolute Gasteiger partial charge is 0.325 e. The molecule has 7 nitrogen and oxygen atoms in total. The van der Waals surface area contributed by atoms with Crippen LogP contribution in [-0.4, -0.2) is 33.2 Å². The summed E-state index contributed by atoms with van der Waals surface area (Å²) >= 11 is 0. The van der Waals surface area contributed by atoms with Crippen LogP contribution in [0.25, 0.3) is 11.1 Å². The van der Waals surface area contributed by atoms with Crippen molar-refractivity contribution >= 4 is 23.0 Å². The quantitative estimate of drug-likeness (QED) is 0.857. The van der Waals surface area contributed by atoms with Crippen molar-refractivity contribution in [2.45, 2.75) is 26.8 Å². The number of aromatic nitrogens is 2. The molecule has 0 radical (unpaired) electrons. The maximum absolute atomic E-state index is 12.1. The molecule has 0 aromatic carbocycles. The average molecular weight is 263 g/mol. The second-order valence-corrected chi connectivity index (χ2v) is 4.29. The maximum Gasteiger partial charge on any atom is 0.325 e. The fourth-order valence-corrected chi connectivity index (χ4v) is 1.73. The van der Waals surface area contributed by atoms with Crippen molar-refractivity contribution in [1.82, 2.24) is 15.5 Å². The molecule has 0 unspecified atom stereocenters. The van der Waals surface area contributed by atoms with Crippen LogP contribution in [0.3, 0.4) is 0 Å². The minimum absolute atomic E-state index is 0.269. The standard InChI is InChI=1S/C12H13N3O4/c1-5-4-8(10(16)14-7(3)12(17)18)9-6(2)15-19-11(9)13-5/h4,7H,1-3H3,(H,14,16)(H,17,18)/t7-/m0/s1. The first-order chi connectivity index (χ1) is 8.90. The fraction of sp³-hybridized carbons (Fsp3) is 0.333. The second-order valence-electron chi connectivity index (χ2n) is 4.29. The zero-order valence-corrected chi connectivity index (χ0v) is 10.7. The zero-order chi connectivity index (χ0) is 14.2. The molecule has 0 fully saturated rings. The summed E-state index contributed by atoms with van der Waals surface area (Å²) in [6.45, 7) is 4.81. The summed E-state index contributed by atoms with van der Waals surface area (Å²) in [6, 6.07) is 0.604. The molecule has 1 amide bonds. The van der Waals surface area contributed by atoms with E-state index in [9.17, 15) is 9.59 Å². The topological polar surface area (TPSA) is 105 Å². The third kappa shape index (κ3) is 2.40. The molecule has 0 aliphatic rings. The predicted octanol–water partition coefficient (Wildman–Crippen LogP) is 1.04. The van der Waals surface area contributed by atoms with Crippen LogP contribution in [-0.2, 0) is 4.79 Å². The maximum atomic E-state index is 12.1. The number of hydrogen-bond acceptors (Lipinski definition) is 5. The van der Waals surface area contributed by atoms with E-state index in [4.69, 9.17) is 9.63 Å². The van der Waals surface area contributed by atoms with E-state index in [1.165, 1.54) is 6.92 Å². The van der Waals surface area contributed by atoms with Gasteiger partial charge in [0.25, 0.3) is 11.6 Å². The van der Waals surface area contributed by atoms with Gasteiger partial charge in [-0.15, -0.1) is 0 Å². The fourth-order valence-electron chi connectivity index (χ4n) is 1.73. The summed E-state index contributed by atoms with van der Waals surface area (Å²) in [5, 5.41) is 15.5. The van der Waals surface area contributed by atoms with Crippen LogP contribution in [0.4, 0.5) is 0 Å². The molecule has 1 atom stereocenters. The lowest BCUT2D eigenvalue weighted by Gasteiger charge is -2.10. The number of aryl methyl sites for hydroxylation is 2. The number of aliphatic carboxylic acids is 1. The van der Waals surface area contributed by atoms with Crippen molar-refractivity contribution < 1.29 is 19.2 Å². The number of carboxylic acid groups (broad SMARTS) is 1. The number of amides is 1. The highest BCUT2D eigenvalue weighted by atomic mass is 16.5. The molecule has 0 spiro atoms. The van der Waals surface area contributed by atoms with Gasteiger partial charge >= 0.3 is 5.97 Å². The van der Waals surface area contributed by atoms with Crippen molar-refractivity contribution in [3.63, 3.8) is 0 Å². The molecular weight excluding hydrogens is 250 g/mol. The molecule has 0 aliphatic heterocycles. The average Bonchev–Trinajstić information content (AvgIpc) is 2.69. The lowest BCUT2D eigenvalue weighted by atomic mass is 10.1. The van der Waals surface area contributed by atoms with Gasteiger partial charge < -0.3 is 14.9 Å². The van der Waals surface area contributed by atoms with Gasteiger partial charge in [0.05, 0.1) is 16.6 Å². The monoisotopic (exact) mass is 263 g/mol. The number of carbonyl (C=O) groups is 2. The number of hydrogen-bond donors (Lipinski definition) is 2. The Kier molecular flexibility index (Phi) is 3.20. The Morgan fingerprint density at radius 3 is 2.74 bits per heavy atom. The molecule has 0 aliphatic carbocycles. The SMILES string of the molecule is Cc1cc(C(=O)N[C@@H](C)C(=O)O)c2c(C)noc2n1. The second kappa shape index (κ2) is 4.68. The van der Waals surface area contributed by atoms with Gasteiger partial charge in [-0.2, -0.15) is 0 Å². The third-order valence-corrected chi connectivity index (χ3v) is 2.71. The lowest BCUT2D eigenvalue weighted by Crippen LogP contribution is -2.38. The number of carboxylic acids is 1. The van der Waals surface area contributed by atoms with Gasteiger partial charge in [-0.25, -0.2) is 4.98 Å². The molecule has 2 heterocycles. The number of pyridine rings is 1. The van der Waals surface area contributed by atoms with Gasteiger partial charge in [0.15, 0.2) is 0 Å². The van der Waals surface area contributed by atoms with E-state index >= 15 is 0 Å². The molecule has 2 rings (SSSR count). The summed E-state index contributed by atoms with van der Waals surface area (Å²) in [5.74, 6) is -1.59. The van der Waals surface area contributed by atoms with Gasteiger partial charge in [-0.05, 0) is 26.8 Å². The van der Waals surface area contributed by atoms with E-state index in [1.54, 1.807) is 19.9 Å². The van der Waals surface area contributed by atoms with Crippen LogP contribution in [0.1, 0.15) is 28.7 Å². The lowest BCUT2D eigenvalue weighted by molar-refractivity contribution is -0.138. The highest BCUT2D eigenvalue weighted by molar-refractivity contribution is 6.06. The summed E-state index contributed by atoms with van der Waals surface area (Å²) < 4.78 is 5.02. The van der Waals surface area contributed by atoms with Crippen molar-refractivity contribution in [2.24, 2.45) is 0 Å². The molecule has 2 N–H and O–H groups in total. The largest absolute Gasteiger partial charge is 0.480 e. The van der Waals surface area contributed by atoms with Crippen LogP contribution in [0.5, 0.6) is 0 Å². The van der Waals surface area contributed by atoms with E-state index in [2.05, 4.69) is 15.5 Å². The Balaban J connectivity index is 2.46. The van der Waals surface area contributed by atoms with Gasteiger partial charge in [0, 0.05) is 5.69 Å². The Morgan fingerprint density at radius 2 is 2.11 bits per heavy atom. The van der Waals surface area contributed by atoms with Crippen molar-refractivity contribution in [3.05, 3.63) is 23.0 Å². The first kappa shape index (κ1) is 13.0. The van der Waals surface area contributed by atoms with Crippen molar-refractivity contribution in [2.75, 3.05) is 0 Å². The Hall–Kier alpha value is -2.44. The minimum atomic E-state index is -1.10. The van der Waals surface area contributed by atoms with Gasteiger partial charge in [0.1, 0.15) is 6.04 Å². The highest BCUT2D eigenvalue weighted by Gasteiger charge is 2.21. The van der Waals surface area contributed by atoms with Gasteiger partial charge in [0.2, 0.25) is 0 Å². The number of nitrogens with zero attached hydrogens (tertiary/aromatic N) is 2. The number of rotatable bonds is 3. The van der Waals surface area contributed by atoms with Crippen LogP contribution in [0.2, 0.25) is 0 Å². The van der Waals surface area contributed by atoms with E-state index in [0.29, 0.717) is 22.3 Å². The third-order valence-electron chi connectivity index (χ3n) is 2.71. The molecular formula is C12H13N3O4. The summed E-state index contributed by atoms with van der Waals surface area (Å²) in [6.07, 6.45) is 0. The van der Waals surface area contributed by atoms with E-state index in [0.717, 1.165) is 0 Å². The first-order valence-corrected chi connectivity index (χ1v) is 5.67. The molecule has 19 heavy (non-hydrogen) atoms. The van der Waals surface area contributed by atoms with E-state index in [1.807, 2.05) is 0 Å². The van der Waals surface area contributed by atoms with Crippen molar-refractivity contribution in [1.29, 1.82) is 0 Å². The number of carbonyl (C=O) groups excluding carboxylic acids is 1. The zero-order valence-electron chi connectivity index (χ0n) is 10.7. The van der Waals surface area contributed by atoms with Crippen LogP contribution < -0.4 is 5.32 Å². The van der Waals surface area contributed by atoms with Crippen molar-refractivity contribution in [3.8, 4) is 0 Å². The normalized spacial score (nSPS) is 12.4. The molecule has 7 heteroatoms.